The van der Waals surface area contributed by atoms with Gasteiger partial charge in [-0.3, -0.25) is 4.79 Å². The van der Waals surface area contributed by atoms with E-state index in [2.05, 4.69) is 0 Å². The van der Waals surface area contributed by atoms with Gasteiger partial charge in [-0.2, -0.15) is 0 Å². The Balaban J connectivity index is 3.37. The predicted molar refractivity (Wildman–Crippen MR) is 74.9 cm³/mol. The van der Waals surface area contributed by atoms with Crippen molar-refractivity contribution < 1.29 is 9.53 Å². The molecule has 0 aliphatic heterocycles. The zero-order valence-electron chi connectivity index (χ0n) is 12.2. The van der Waals surface area contributed by atoms with Crippen LogP contribution in [0.1, 0.15) is 47.6 Å². The molecule has 18 heavy (non-hydrogen) atoms. The van der Waals surface area contributed by atoms with Crippen molar-refractivity contribution >= 4 is 11.7 Å². The Labute approximate surface area is 109 Å². The molecule has 1 aromatic rings. The number of esters is 1. The van der Waals surface area contributed by atoms with E-state index < -0.39 is 0 Å². The molecule has 1 atom stereocenters. The molecule has 1 rings (SSSR count). The van der Waals surface area contributed by atoms with Crippen LogP contribution in [0.5, 0.6) is 0 Å². The van der Waals surface area contributed by atoms with Crippen LogP contribution >= 0.6 is 0 Å². The van der Waals surface area contributed by atoms with Crippen molar-refractivity contribution in [2.24, 2.45) is 0 Å². The molecule has 0 amide bonds. The first kappa shape index (κ1) is 14.6. The average molecular weight is 249 g/mol. The highest BCUT2D eigenvalue weighted by molar-refractivity contribution is 5.80. The van der Waals surface area contributed by atoms with Gasteiger partial charge in [0.15, 0.2) is 0 Å². The smallest absolute Gasteiger partial charge is 0.313 e. The van der Waals surface area contributed by atoms with E-state index in [0.717, 1.165) is 33.5 Å². The van der Waals surface area contributed by atoms with Gasteiger partial charge in [-0.05, 0) is 69.4 Å². The zero-order valence-corrected chi connectivity index (χ0v) is 12.2. The van der Waals surface area contributed by atoms with E-state index in [1.54, 1.807) is 0 Å². The van der Waals surface area contributed by atoms with Gasteiger partial charge in [0.1, 0.15) is 0 Å². The predicted octanol–water partition coefficient (Wildman–Crippen LogP) is 3.17. The molecule has 1 unspecified atom stereocenters. The topological polar surface area (TPSA) is 52.3 Å². The van der Waals surface area contributed by atoms with Gasteiger partial charge in [0.05, 0.1) is 12.5 Å². The molecule has 0 aliphatic carbocycles. The molecule has 1 aromatic carbocycles. The summed E-state index contributed by atoms with van der Waals surface area (Å²) in [5.74, 6) is -0.421. The first-order valence-corrected chi connectivity index (χ1v) is 6.35. The summed E-state index contributed by atoms with van der Waals surface area (Å²) in [6.07, 6.45) is 0. The van der Waals surface area contributed by atoms with E-state index in [1.165, 1.54) is 0 Å². The second-order valence-electron chi connectivity index (χ2n) is 4.80. The van der Waals surface area contributed by atoms with Crippen LogP contribution in [0.15, 0.2) is 0 Å². The van der Waals surface area contributed by atoms with Crippen molar-refractivity contribution in [2.45, 2.75) is 47.5 Å². The van der Waals surface area contributed by atoms with Gasteiger partial charge in [-0.1, -0.05) is 0 Å². The van der Waals surface area contributed by atoms with Crippen LogP contribution < -0.4 is 5.73 Å². The molecule has 100 valence electrons. The van der Waals surface area contributed by atoms with Gasteiger partial charge in [0.2, 0.25) is 0 Å². The van der Waals surface area contributed by atoms with Crippen LogP contribution in [0.3, 0.4) is 0 Å². The number of benzene rings is 1. The molecule has 0 radical (unpaired) electrons. The second kappa shape index (κ2) is 5.42. The maximum absolute atomic E-state index is 11.9. The van der Waals surface area contributed by atoms with Gasteiger partial charge in [0, 0.05) is 5.69 Å². The standard InChI is InChI=1S/C15H23NO2/c1-7-18-15(17)12(6)13-8(2)10(4)14(16)11(5)9(13)3/h12H,7,16H2,1-6H3. The monoisotopic (exact) mass is 249 g/mol. The summed E-state index contributed by atoms with van der Waals surface area (Å²) >= 11 is 0. The van der Waals surface area contributed by atoms with Crippen LogP contribution in [-0.4, -0.2) is 12.6 Å². The summed E-state index contributed by atoms with van der Waals surface area (Å²) in [6, 6.07) is 0. The van der Waals surface area contributed by atoms with Crippen LogP contribution in [0.25, 0.3) is 0 Å². The highest BCUT2D eigenvalue weighted by Crippen LogP contribution is 2.33. The van der Waals surface area contributed by atoms with Gasteiger partial charge in [-0.15, -0.1) is 0 Å². The van der Waals surface area contributed by atoms with Crippen molar-refractivity contribution in [2.75, 3.05) is 12.3 Å². The average Bonchev–Trinajstić information content (AvgIpc) is 2.34. The minimum absolute atomic E-state index is 0.174. The summed E-state index contributed by atoms with van der Waals surface area (Å²) in [6.45, 7) is 12.2. The van der Waals surface area contributed by atoms with Gasteiger partial charge in [0.25, 0.3) is 0 Å². The van der Waals surface area contributed by atoms with Crippen molar-refractivity contribution in [1.29, 1.82) is 0 Å². The molecule has 0 spiro atoms. The zero-order chi connectivity index (χ0) is 14.0. The number of ether oxygens (including phenoxy) is 1. The van der Waals surface area contributed by atoms with E-state index >= 15 is 0 Å². The van der Waals surface area contributed by atoms with Crippen molar-refractivity contribution in [3.8, 4) is 0 Å². The van der Waals surface area contributed by atoms with Crippen molar-refractivity contribution in [3.63, 3.8) is 0 Å². The number of nitrogen functional groups attached to an aromatic ring is 1. The first-order chi connectivity index (χ1) is 8.32. The number of carbonyl (C=O) groups excluding carboxylic acids is 1. The number of carbonyl (C=O) groups is 1. The fourth-order valence-electron chi connectivity index (χ4n) is 2.41. The molecule has 0 aliphatic rings. The Hall–Kier alpha value is -1.51. The van der Waals surface area contributed by atoms with Crippen LogP contribution in [-0.2, 0) is 9.53 Å². The molecule has 0 bridgehead atoms. The largest absolute Gasteiger partial charge is 0.466 e. The van der Waals surface area contributed by atoms with Crippen LogP contribution in [0.4, 0.5) is 5.69 Å². The Morgan fingerprint density at radius 1 is 1.11 bits per heavy atom. The second-order valence-corrected chi connectivity index (χ2v) is 4.80. The minimum Gasteiger partial charge on any atom is -0.466 e. The first-order valence-electron chi connectivity index (χ1n) is 6.35. The maximum Gasteiger partial charge on any atom is 0.313 e. The van der Waals surface area contributed by atoms with Crippen LogP contribution in [0, 0.1) is 27.7 Å². The molecular formula is C15H23NO2. The fourth-order valence-corrected chi connectivity index (χ4v) is 2.41. The molecule has 0 heterocycles. The Kier molecular flexibility index (Phi) is 4.38. The summed E-state index contributed by atoms with van der Waals surface area (Å²) in [5, 5.41) is 0. The highest BCUT2D eigenvalue weighted by Gasteiger charge is 2.23. The normalized spacial score (nSPS) is 12.3. The van der Waals surface area contributed by atoms with E-state index in [4.69, 9.17) is 10.5 Å². The minimum atomic E-state index is -0.247. The lowest BCUT2D eigenvalue weighted by Gasteiger charge is -2.21. The lowest BCUT2D eigenvalue weighted by Crippen LogP contribution is -2.17. The number of nitrogens with two attached hydrogens (primary N) is 1. The molecule has 0 aromatic heterocycles. The van der Waals surface area contributed by atoms with Crippen molar-refractivity contribution in [1.82, 2.24) is 0 Å². The molecule has 2 N–H and O–H groups in total. The van der Waals surface area contributed by atoms with E-state index in [0.29, 0.717) is 6.61 Å². The summed E-state index contributed by atoms with van der Waals surface area (Å²) in [4.78, 5) is 11.9. The summed E-state index contributed by atoms with van der Waals surface area (Å²) < 4.78 is 5.11. The van der Waals surface area contributed by atoms with E-state index in [9.17, 15) is 4.79 Å². The Morgan fingerprint density at radius 2 is 1.56 bits per heavy atom. The Morgan fingerprint density at radius 3 is 1.94 bits per heavy atom. The summed E-state index contributed by atoms with van der Waals surface area (Å²) in [7, 11) is 0. The third kappa shape index (κ3) is 2.35. The molecule has 0 saturated heterocycles. The van der Waals surface area contributed by atoms with Crippen LogP contribution in [0.2, 0.25) is 0 Å². The number of rotatable bonds is 3. The van der Waals surface area contributed by atoms with Gasteiger partial charge < -0.3 is 10.5 Å². The quantitative estimate of drug-likeness (QED) is 0.661. The van der Waals surface area contributed by atoms with E-state index in [1.807, 2.05) is 41.5 Å². The third-order valence-electron chi connectivity index (χ3n) is 3.81. The fraction of sp³-hybridized carbons (Fsp3) is 0.533. The third-order valence-corrected chi connectivity index (χ3v) is 3.81. The Bertz CT molecular complexity index is 449. The lowest BCUT2D eigenvalue weighted by molar-refractivity contribution is -0.144. The summed E-state index contributed by atoms with van der Waals surface area (Å²) in [5.41, 5.74) is 12.3. The number of anilines is 1. The molecule has 0 saturated carbocycles. The molecular weight excluding hydrogens is 226 g/mol. The molecule has 3 heteroatoms. The highest BCUT2D eigenvalue weighted by atomic mass is 16.5. The molecule has 3 nitrogen and oxygen atoms in total. The van der Waals surface area contributed by atoms with Gasteiger partial charge in [-0.25, -0.2) is 0 Å². The molecule has 0 fully saturated rings. The maximum atomic E-state index is 11.9. The van der Waals surface area contributed by atoms with Crippen molar-refractivity contribution in [3.05, 3.63) is 27.8 Å². The lowest BCUT2D eigenvalue weighted by atomic mass is 9.86. The van der Waals surface area contributed by atoms with Gasteiger partial charge >= 0.3 is 5.97 Å². The van der Waals surface area contributed by atoms with E-state index in [-0.39, 0.29) is 11.9 Å². The number of hydrogen-bond acceptors (Lipinski definition) is 3. The SMILES string of the molecule is CCOC(=O)C(C)c1c(C)c(C)c(N)c(C)c1C. The number of hydrogen-bond donors (Lipinski definition) is 1.